The van der Waals surface area contributed by atoms with E-state index in [1.165, 1.54) is 12.1 Å². The van der Waals surface area contributed by atoms with E-state index in [2.05, 4.69) is 5.32 Å². The Morgan fingerprint density at radius 1 is 1.22 bits per heavy atom. The van der Waals surface area contributed by atoms with E-state index in [1.807, 2.05) is 0 Å². The molecule has 0 atom stereocenters. The summed E-state index contributed by atoms with van der Waals surface area (Å²) in [6, 6.07) is 9.46. The molecule has 0 heterocycles. The van der Waals surface area contributed by atoms with Crippen LogP contribution in [0.2, 0.25) is 5.02 Å². The minimum Gasteiger partial charge on any atom is -0.495 e. The van der Waals surface area contributed by atoms with Crippen molar-refractivity contribution < 1.29 is 9.13 Å². The van der Waals surface area contributed by atoms with Gasteiger partial charge < -0.3 is 15.8 Å². The van der Waals surface area contributed by atoms with Crippen LogP contribution >= 0.6 is 11.6 Å². The zero-order valence-electron chi connectivity index (χ0n) is 9.71. The van der Waals surface area contributed by atoms with Gasteiger partial charge in [0, 0.05) is 0 Å². The number of methoxy groups -OCH3 is 1. The van der Waals surface area contributed by atoms with Gasteiger partial charge in [-0.2, -0.15) is 0 Å². The molecule has 0 saturated heterocycles. The highest BCUT2D eigenvalue weighted by molar-refractivity contribution is 6.33. The van der Waals surface area contributed by atoms with E-state index in [-0.39, 0.29) is 10.8 Å². The first-order valence-electron chi connectivity index (χ1n) is 5.26. The van der Waals surface area contributed by atoms with Gasteiger partial charge in [0.2, 0.25) is 0 Å². The van der Waals surface area contributed by atoms with Crippen molar-refractivity contribution in [2.24, 2.45) is 0 Å². The third kappa shape index (κ3) is 2.49. The first kappa shape index (κ1) is 12.5. The summed E-state index contributed by atoms with van der Waals surface area (Å²) >= 11 is 5.93. The molecule has 0 fully saturated rings. The van der Waals surface area contributed by atoms with Crippen molar-refractivity contribution in [1.29, 1.82) is 0 Å². The van der Waals surface area contributed by atoms with E-state index in [9.17, 15) is 4.39 Å². The lowest BCUT2D eigenvalue weighted by Crippen LogP contribution is -1.99. The SMILES string of the molecule is COc1cccc(Nc2ccc(F)cc2Cl)c1N. The summed E-state index contributed by atoms with van der Waals surface area (Å²) in [6.07, 6.45) is 0. The van der Waals surface area contributed by atoms with Crippen molar-refractivity contribution in [3.63, 3.8) is 0 Å². The van der Waals surface area contributed by atoms with E-state index in [4.69, 9.17) is 22.1 Å². The second-order valence-corrected chi connectivity index (χ2v) is 4.08. The smallest absolute Gasteiger partial charge is 0.143 e. The Hall–Kier alpha value is -1.94. The number of nitrogen functional groups attached to an aromatic ring is 1. The monoisotopic (exact) mass is 266 g/mol. The van der Waals surface area contributed by atoms with Crippen molar-refractivity contribution in [2.75, 3.05) is 18.2 Å². The number of hydrogen-bond donors (Lipinski definition) is 2. The average molecular weight is 267 g/mol. The number of nitrogens with two attached hydrogens (primary N) is 1. The Balaban J connectivity index is 2.34. The van der Waals surface area contributed by atoms with Gasteiger partial charge in [0.25, 0.3) is 0 Å². The zero-order chi connectivity index (χ0) is 13.1. The van der Waals surface area contributed by atoms with E-state index < -0.39 is 0 Å². The topological polar surface area (TPSA) is 47.3 Å². The van der Waals surface area contributed by atoms with Gasteiger partial charge in [-0.25, -0.2) is 4.39 Å². The summed E-state index contributed by atoms with van der Waals surface area (Å²) in [4.78, 5) is 0. The van der Waals surface area contributed by atoms with E-state index in [1.54, 1.807) is 31.4 Å². The Labute approximate surface area is 109 Å². The van der Waals surface area contributed by atoms with Crippen molar-refractivity contribution >= 4 is 28.7 Å². The molecule has 0 aliphatic heterocycles. The number of rotatable bonds is 3. The van der Waals surface area contributed by atoms with Gasteiger partial charge in [-0.05, 0) is 30.3 Å². The third-order valence-corrected chi connectivity index (χ3v) is 2.80. The van der Waals surface area contributed by atoms with Crippen LogP contribution in [0.1, 0.15) is 0 Å². The van der Waals surface area contributed by atoms with Gasteiger partial charge in [0.05, 0.1) is 29.2 Å². The van der Waals surface area contributed by atoms with Crippen LogP contribution in [0.25, 0.3) is 0 Å². The van der Waals surface area contributed by atoms with Crippen LogP contribution in [0, 0.1) is 5.82 Å². The summed E-state index contributed by atoms with van der Waals surface area (Å²) in [5.74, 6) is 0.183. The van der Waals surface area contributed by atoms with Gasteiger partial charge >= 0.3 is 0 Å². The minimum absolute atomic E-state index is 0.289. The van der Waals surface area contributed by atoms with Gasteiger partial charge in [0.15, 0.2) is 0 Å². The lowest BCUT2D eigenvalue weighted by molar-refractivity contribution is 0.417. The second-order valence-electron chi connectivity index (χ2n) is 3.67. The van der Waals surface area contributed by atoms with Crippen LogP contribution < -0.4 is 15.8 Å². The van der Waals surface area contributed by atoms with E-state index in [0.717, 1.165) is 0 Å². The van der Waals surface area contributed by atoms with Crippen LogP contribution in [0.3, 0.4) is 0 Å². The van der Waals surface area contributed by atoms with Crippen LogP contribution in [-0.4, -0.2) is 7.11 Å². The maximum absolute atomic E-state index is 12.9. The lowest BCUT2D eigenvalue weighted by atomic mass is 10.2. The highest BCUT2D eigenvalue weighted by Crippen LogP contribution is 2.33. The van der Waals surface area contributed by atoms with Gasteiger partial charge in [-0.3, -0.25) is 0 Å². The van der Waals surface area contributed by atoms with Crippen LogP contribution in [-0.2, 0) is 0 Å². The van der Waals surface area contributed by atoms with Gasteiger partial charge in [0.1, 0.15) is 11.6 Å². The molecule has 0 radical (unpaired) electrons. The Morgan fingerprint density at radius 3 is 2.67 bits per heavy atom. The number of anilines is 3. The molecule has 5 heteroatoms. The summed E-state index contributed by atoms with van der Waals surface area (Å²) in [5, 5.41) is 3.33. The normalized spacial score (nSPS) is 10.2. The summed E-state index contributed by atoms with van der Waals surface area (Å²) in [7, 11) is 1.54. The van der Waals surface area contributed by atoms with Crippen LogP contribution in [0.15, 0.2) is 36.4 Å². The summed E-state index contributed by atoms with van der Waals surface area (Å²) in [6.45, 7) is 0. The molecule has 0 saturated carbocycles. The predicted octanol–water partition coefficient (Wildman–Crippen LogP) is 3.81. The largest absolute Gasteiger partial charge is 0.495 e. The molecular weight excluding hydrogens is 255 g/mol. The molecule has 0 aliphatic carbocycles. The summed E-state index contributed by atoms with van der Waals surface area (Å²) < 4.78 is 18.0. The number of nitrogens with one attached hydrogen (secondary N) is 1. The number of benzene rings is 2. The number of para-hydroxylation sites is 1. The maximum Gasteiger partial charge on any atom is 0.143 e. The molecule has 0 aliphatic rings. The molecule has 18 heavy (non-hydrogen) atoms. The standard InChI is InChI=1S/C13H12ClFN2O/c1-18-12-4-2-3-11(13(12)16)17-10-6-5-8(15)7-9(10)14/h2-7,17H,16H2,1H3. The Bertz CT molecular complexity index is 575. The number of halogens is 2. The van der Waals surface area contributed by atoms with Gasteiger partial charge in [-0.1, -0.05) is 17.7 Å². The molecule has 94 valence electrons. The third-order valence-electron chi connectivity index (χ3n) is 2.49. The van der Waals surface area contributed by atoms with E-state index in [0.29, 0.717) is 22.8 Å². The molecule has 0 spiro atoms. The minimum atomic E-state index is -0.385. The summed E-state index contributed by atoms with van der Waals surface area (Å²) in [5.41, 5.74) is 7.63. The molecule has 0 unspecified atom stereocenters. The van der Waals surface area contributed by atoms with Crippen molar-refractivity contribution in [3.05, 3.63) is 47.2 Å². The maximum atomic E-state index is 12.9. The zero-order valence-corrected chi connectivity index (χ0v) is 10.5. The highest BCUT2D eigenvalue weighted by Gasteiger charge is 2.07. The van der Waals surface area contributed by atoms with Crippen LogP contribution in [0.5, 0.6) is 5.75 Å². The molecule has 2 aromatic carbocycles. The Morgan fingerprint density at radius 2 is 2.00 bits per heavy atom. The van der Waals surface area contributed by atoms with E-state index >= 15 is 0 Å². The second kappa shape index (κ2) is 5.14. The molecule has 3 nitrogen and oxygen atoms in total. The molecule has 3 N–H and O–H groups in total. The molecule has 0 amide bonds. The number of ether oxygens (including phenoxy) is 1. The first-order valence-corrected chi connectivity index (χ1v) is 5.64. The molecule has 0 bridgehead atoms. The molecule has 2 aromatic rings. The fourth-order valence-electron chi connectivity index (χ4n) is 1.57. The van der Waals surface area contributed by atoms with Crippen LogP contribution in [0.4, 0.5) is 21.5 Å². The highest BCUT2D eigenvalue weighted by atomic mass is 35.5. The molecule has 0 aromatic heterocycles. The molecular formula is C13H12ClFN2O. The molecule has 2 rings (SSSR count). The van der Waals surface area contributed by atoms with Crippen molar-refractivity contribution in [2.45, 2.75) is 0 Å². The first-order chi connectivity index (χ1) is 8.61. The quantitative estimate of drug-likeness (QED) is 0.831. The fraction of sp³-hybridized carbons (Fsp3) is 0.0769. The van der Waals surface area contributed by atoms with Crippen molar-refractivity contribution in [3.8, 4) is 5.75 Å². The van der Waals surface area contributed by atoms with Gasteiger partial charge in [-0.15, -0.1) is 0 Å². The fourth-order valence-corrected chi connectivity index (χ4v) is 1.78. The average Bonchev–Trinajstić information content (AvgIpc) is 2.35. The lowest BCUT2D eigenvalue weighted by Gasteiger charge is -2.13. The number of hydrogen-bond acceptors (Lipinski definition) is 3. The Kier molecular flexibility index (Phi) is 3.58. The van der Waals surface area contributed by atoms with Crippen molar-refractivity contribution in [1.82, 2.24) is 0 Å². The predicted molar refractivity (Wildman–Crippen MR) is 72.1 cm³/mol.